The van der Waals surface area contributed by atoms with E-state index in [0.717, 1.165) is 25.1 Å². The van der Waals surface area contributed by atoms with Gasteiger partial charge < -0.3 is 9.64 Å². The highest BCUT2D eigenvalue weighted by molar-refractivity contribution is 5.83. The minimum absolute atomic E-state index is 0.120. The van der Waals surface area contributed by atoms with Gasteiger partial charge in [0.15, 0.2) is 0 Å². The van der Waals surface area contributed by atoms with Crippen LogP contribution in [0.15, 0.2) is 24.3 Å². The molecule has 2 fully saturated rings. The number of hydrogen-bond acceptors (Lipinski definition) is 3. The summed E-state index contributed by atoms with van der Waals surface area (Å²) in [4.78, 5) is 27.5. The fourth-order valence-corrected chi connectivity index (χ4v) is 4.52. The molecule has 4 heteroatoms. The topological polar surface area (TPSA) is 46.6 Å². The van der Waals surface area contributed by atoms with E-state index in [4.69, 9.17) is 4.74 Å². The van der Waals surface area contributed by atoms with Crippen LogP contribution in [0.4, 0.5) is 0 Å². The number of benzene rings is 1. The number of carbonyl (C=O) groups is 2. The number of fused-ring (bicyclic) bond motifs is 1. The zero-order valence-electron chi connectivity index (χ0n) is 16.8. The molecule has 1 saturated heterocycles. The maximum atomic E-state index is 12.9. The van der Waals surface area contributed by atoms with Crippen LogP contribution >= 0.6 is 0 Å². The number of amides is 1. The lowest BCUT2D eigenvalue weighted by Crippen LogP contribution is -2.33. The Hall–Kier alpha value is -1.84. The van der Waals surface area contributed by atoms with Gasteiger partial charge in [0, 0.05) is 19.5 Å². The highest BCUT2D eigenvalue weighted by Crippen LogP contribution is 2.36. The number of aryl methyl sites for hydroxylation is 1. The van der Waals surface area contributed by atoms with Crippen LogP contribution < -0.4 is 0 Å². The smallest absolute Gasteiger partial charge is 0.309 e. The van der Waals surface area contributed by atoms with Crippen molar-refractivity contribution in [1.29, 1.82) is 0 Å². The van der Waals surface area contributed by atoms with Crippen molar-refractivity contribution in [3.63, 3.8) is 0 Å². The molecule has 1 heterocycles. The average Bonchev–Trinajstić information content (AvgIpc) is 3.11. The minimum Gasteiger partial charge on any atom is -0.465 e. The second-order valence-corrected chi connectivity index (χ2v) is 8.36. The second-order valence-electron chi connectivity index (χ2n) is 8.36. The van der Waals surface area contributed by atoms with E-state index in [1.54, 1.807) is 0 Å². The van der Waals surface area contributed by atoms with Crippen molar-refractivity contribution in [1.82, 2.24) is 4.90 Å². The van der Waals surface area contributed by atoms with Crippen LogP contribution in [-0.2, 0) is 20.7 Å². The summed E-state index contributed by atoms with van der Waals surface area (Å²) in [5.74, 6) is 0.835. The first kappa shape index (κ1) is 19.9. The van der Waals surface area contributed by atoms with Gasteiger partial charge in [-0.15, -0.1) is 0 Å². The number of carbonyl (C=O) groups excluding carboxylic acids is 2. The van der Waals surface area contributed by atoms with Crippen molar-refractivity contribution in [3.8, 4) is 0 Å². The van der Waals surface area contributed by atoms with Gasteiger partial charge in [0.25, 0.3) is 0 Å². The summed E-state index contributed by atoms with van der Waals surface area (Å²) in [6.45, 7) is 6.22. The van der Waals surface area contributed by atoms with E-state index < -0.39 is 5.92 Å². The molecule has 1 saturated carbocycles. The molecule has 2 aliphatic rings. The molecule has 1 aliphatic carbocycles. The van der Waals surface area contributed by atoms with Crippen molar-refractivity contribution in [2.24, 2.45) is 17.8 Å². The van der Waals surface area contributed by atoms with Gasteiger partial charge >= 0.3 is 5.97 Å². The zero-order chi connectivity index (χ0) is 19.2. The first-order valence-corrected chi connectivity index (χ1v) is 10.6. The number of hydrogen-bond donors (Lipinski definition) is 0. The molecule has 0 aromatic heterocycles. The van der Waals surface area contributed by atoms with Gasteiger partial charge in [0.1, 0.15) is 0 Å². The molecule has 1 aromatic rings. The molecule has 27 heavy (non-hydrogen) atoms. The summed E-state index contributed by atoms with van der Waals surface area (Å²) in [6.07, 6.45) is 6.71. The molecule has 1 amide bonds. The molecule has 3 unspecified atom stereocenters. The molecule has 0 radical (unpaired) electrons. The summed E-state index contributed by atoms with van der Waals surface area (Å²) in [6, 6.07) is 8.20. The number of ether oxygens (including phenoxy) is 1. The molecule has 4 nitrogen and oxygen atoms in total. The Labute approximate surface area is 163 Å². The summed E-state index contributed by atoms with van der Waals surface area (Å²) < 4.78 is 5.40. The molecular weight excluding hydrogens is 338 g/mol. The number of rotatable bonds is 7. The Morgan fingerprint density at radius 3 is 2.33 bits per heavy atom. The molecule has 1 aliphatic heterocycles. The molecule has 148 valence electrons. The number of nitrogens with zero attached hydrogens (tertiary/aromatic N) is 1. The highest BCUT2D eigenvalue weighted by Gasteiger charge is 2.37. The van der Waals surface area contributed by atoms with Gasteiger partial charge in [0.2, 0.25) is 5.91 Å². The van der Waals surface area contributed by atoms with E-state index in [-0.39, 0.29) is 18.3 Å². The highest BCUT2D eigenvalue weighted by atomic mass is 16.5. The SMILES string of the molecule is CCCOC(=O)C(CC(=O)N1CC2CCCCC2C1)Cc1ccc(C)cc1. The van der Waals surface area contributed by atoms with Crippen LogP contribution in [-0.4, -0.2) is 36.5 Å². The zero-order valence-corrected chi connectivity index (χ0v) is 16.8. The predicted molar refractivity (Wildman–Crippen MR) is 106 cm³/mol. The Morgan fingerprint density at radius 2 is 1.74 bits per heavy atom. The third kappa shape index (κ3) is 5.33. The second kappa shape index (κ2) is 9.38. The van der Waals surface area contributed by atoms with E-state index in [1.807, 2.05) is 30.9 Å². The number of esters is 1. The van der Waals surface area contributed by atoms with Crippen molar-refractivity contribution in [3.05, 3.63) is 35.4 Å². The van der Waals surface area contributed by atoms with Gasteiger partial charge in [-0.1, -0.05) is 49.6 Å². The third-order valence-corrected chi connectivity index (χ3v) is 6.13. The Morgan fingerprint density at radius 1 is 1.11 bits per heavy atom. The van der Waals surface area contributed by atoms with Crippen LogP contribution in [0.1, 0.15) is 56.6 Å². The lowest BCUT2D eigenvalue weighted by atomic mass is 9.82. The van der Waals surface area contributed by atoms with Crippen LogP contribution in [0, 0.1) is 24.7 Å². The van der Waals surface area contributed by atoms with Crippen LogP contribution in [0.25, 0.3) is 0 Å². The lowest BCUT2D eigenvalue weighted by molar-refractivity contribution is -0.151. The van der Waals surface area contributed by atoms with Gasteiger partial charge in [-0.2, -0.15) is 0 Å². The van der Waals surface area contributed by atoms with Gasteiger partial charge in [-0.05, 0) is 50.0 Å². The first-order valence-electron chi connectivity index (χ1n) is 10.6. The quantitative estimate of drug-likeness (QED) is 0.677. The Balaban J connectivity index is 1.63. The summed E-state index contributed by atoms with van der Waals surface area (Å²) >= 11 is 0. The Bertz CT molecular complexity index is 626. The van der Waals surface area contributed by atoms with Crippen molar-refractivity contribution < 1.29 is 14.3 Å². The average molecular weight is 372 g/mol. The molecule has 3 rings (SSSR count). The maximum Gasteiger partial charge on any atom is 0.309 e. The first-order chi connectivity index (χ1) is 13.1. The fraction of sp³-hybridized carbons (Fsp3) is 0.652. The van der Waals surface area contributed by atoms with Gasteiger partial charge in [-0.25, -0.2) is 0 Å². The molecule has 0 bridgehead atoms. The largest absolute Gasteiger partial charge is 0.465 e. The molecule has 0 N–H and O–H groups in total. The van der Waals surface area contributed by atoms with Crippen LogP contribution in [0.5, 0.6) is 0 Å². The summed E-state index contributed by atoms with van der Waals surface area (Å²) in [5, 5.41) is 0. The van der Waals surface area contributed by atoms with Crippen LogP contribution in [0.2, 0.25) is 0 Å². The molecular formula is C23H33NO3. The Kier molecular flexibility index (Phi) is 6.92. The summed E-state index contributed by atoms with van der Waals surface area (Å²) in [7, 11) is 0. The summed E-state index contributed by atoms with van der Waals surface area (Å²) in [5.41, 5.74) is 2.28. The molecule has 0 spiro atoms. The van der Waals surface area contributed by atoms with Crippen LogP contribution in [0.3, 0.4) is 0 Å². The number of likely N-dealkylation sites (tertiary alicyclic amines) is 1. The predicted octanol–water partition coefficient (Wildman–Crippen LogP) is 4.15. The maximum absolute atomic E-state index is 12.9. The molecule has 1 aromatic carbocycles. The van der Waals surface area contributed by atoms with Gasteiger partial charge in [-0.3, -0.25) is 9.59 Å². The monoisotopic (exact) mass is 371 g/mol. The molecule has 3 atom stereocenters. The fourth-order valence-electron chi connectivity index (χ4n) is 4.52. The van der Waals surface area contributed by atoms with E-state index in [1.165, 1.54) is 31.2 Å². The van der Waals surface area contributed by atoms with E-state index in [0.29, 0.717) is 24.9 Å². The van der Waals surface area contributed by atoms with E-state index in [2.05, 4.69) is 12.1 Å². The van der Waals surface area contributed by atoms with E-state index in [9.17, 15) is 9.59 Å². The van der Waals surface area contributed by atoms with E-state index >= 15 is 0 Å². The van der Waals surface area contributed by atoms with Crippen molar-refractivity contribution >= 4 is 11.9 Å². The van der Waals surface area contributed by atoms with Gasteiger partial charge in [0.05, 0.1) is 12.5 Å². The standard InChI is InChI=1S/C23H33NO3/c1-3-12-27-23(26)21(13-18-10-8-17(2)9-11-18)14-22(25)24-15-19-6-4-5-7-20(19)16-24/h8-11,19-21H,3-7,12-16H2,1-2H3. The lowest BCUT2D eigenvalue weighted by Gasteiger charge is -2.22. The third-order valence-electron chi connectivity index (χ3n) is 6.13. The normalized spacial score (nSPS) is 23.0. The minimum atomic E-state index is -0.394. The van der Waals surface area contributed by atoms with Crippen molar-refractivity contribution in [2.75, 3.05) is 19.7 Å². The van der Waals surface area contributed by atoms with Crippen molar-refractivity contribution in [2.45, 2.75) is 58.8 Å².